The number of hydrogen-bond donors (Lipinski definition) is 2. The SMILES string of the molecule is CCC(CC)(CNS(=O)(=O)C(C)C(=O)OC)C(=O)O. The Hall–Kier alpha value is -1.15. The Balaban J connectivity index is 4.96. The maximum Gasteiger partial charge on any atom is 0.325 e. The minimum Gasteiger partial charge on any atom is -0.481 e. The molecule has 0 aromatic carbocycles. The van der Waals surface area contributed by atoms with E-state index in [4.69, 9.17) is 0 Å². The molecule has 0 bridgehead atoms. The second kappa shape index (κ2) is 6.85. The molecule has 0 fully saturated rings. The van der Waals surface area contributed by atoms with Crippen molar-refractivity contribution < 1.29 is 27.9 Å². The summed E-state index contributed by atoms with van der Waals surface area (Å²) in [5.74, 6) is -1.95. The van der Waals surface area contributed by atoms with Crippen LogP contribution in [0.15, 0.2) is 0 Å². The predicted molar refractivity (Wildman–Crippen MR) is 69.1 cm³/mol. The minimum atomic E-state index is -3.95. The predicted octanol–water partition coefficient (Wildman–Crippen LogP) is 0.358. The smallest absolute Gasteiger partial charge is 0.325 e. The summed E-state index contributed by atoms with van der Waals surface area (Å²) in [5.41, 5.74) is -1.16. The lowest BCUT2D eigenvalue weighted by atomic mass is 9.83. The third-order valence-electron chi connectivity index (χ3n) is 3.42. The highest BCUT2D eigenvalue weighted by atomic mass is 32.2. The molecule has 0 heterocycles. The van der Waals surface area contributed by atoms with Gasteiger partial charge < -0.3 is 9.84 Å². The van der Waals surface area contributed by atoms with Crippen LogP contribution in [0.4, 0.5) is 0 Å². The average molecular weight is 295 g/mol. The average Bonchev–Trinajstić information content (AvgIpc) is 2.38. The highest BCUT2D eigenvalue weighted by Crippen LogP contribution is 2.26. The quantitative estimate of drug-likeness (QED) is 0.626. The van der Waals surface area contributed by atoms with E-state index in [1.165, 1.54) is 6.92 Å². The van der Waals surface area contributed by atoms with E-state index in [-0.39, 0.29) is 19.4 Å². The molecule has 7 nitrogen and oxygen atoms in total. The maximum absolute atomic E-state index is 11.8. The summed E-state index contributed by atoms with van der Waals surface area (Å²) in [6.07, 6.45) is 0.571. The first-order valence-corrected chi connectivity index (χ1v) is 7.51. The molecule has 0 aromatic heterocycles. The maximum atomic E-state index is 11.8. The van der Waals surface area contributed by atoms with Gasteiger partial charge in [0.2, 0.25) is 10.0 Å². The zero-order valence-corrected chi connectivity index (χ0v) is 12.4. The molecule has 112 valence electrons. The van der Waals surface area contributed by atoms with Gasteiger partial charge in [-0.1, -0.05) is 13.8 Å². The van der Waals surface area contributed by atoms with E-state index < -0.39 is 32.6 Å². The fraction of sp³-hybridized carbons (Fsp3) is 0.818. The third-order valence-corrected chi connectivity index (χ3v) is 5.09. The van der Waals surface area contributed by atoms with Gasteiger partial charge in [0, 0.05) is 6.54 Å². The van der Waals surface area contributed by atoms with E-state index in [0.29, 0.717) is 0 Å². The molecule has 19 heavy (non-hydrogen) atoms. The van der Waals surface area contributed by atoms with E-state index in [0.717, 1.165) is 7.11 Å². The van der Waals surface area contributed by atoms with Crippen molar-refractivity contribution >= 4 is 22.0 Å². The van der Waals surface area contributed by atoms with Gasteiger partial charge in [0.1, 0.15) is 0 Å². The lowest BCUT2D eigenvalue weighted by molar-refractivity contribution is -0.149. The van der Waals surface area contributed by atoms with E-state index in [2.05, 4.69) is 9.46 Å². The van der Waals surface area contributed by atoms with Crippen LogP contribution in [0.25, 0.3) is 0 Å². The first-order chi connectivity index (χ1) is 8.66. The van der Waals surface area contributed by atoms with Crippen LogP contribution in [-0.4, -0.2) is 44.4 Å². The van der Waals surface area contributed by atoms with Crippen LogP contribution in [0.5, 0.6) is 0 Å². The number of ether oxygens (including phenoxy) is 1. The molecule has 2 N–H and O–H groups in total. The molecule has 0 saturated carbocycles. The fourth-order valence-electron chi connectivity index (χ4n) is 1.53. The Morgan fingerprint density at radius 1 is 1.32 bits per heavy atom. The van der Waals surface area contributed by atoms with Crippen molar-refractivity contribution in [1.82, 2.24) is 4.72 Å². The number of nitrogens with one attached hydrogen (secondary N) is 1. The normalized spacial score (nSPS) is 13.9. The molecule has 1 unspecified atom stereocenters. The molecule has 1 atom stereocenters. The second-order valence-electron chi connectivity index (χ2n) is 4.32. The fourth-order valence-corrected chi connectivity index (χ4v) is 2.61. The second-order valence-corrected chi connectivity index (χ2v) is 6.41. The standard InChI is InChI=1S/C11H21NO6S/c1-5-11(6-2,10(14)15)7-12-19(16,17)8(3)9(13)18-4/h8,12H,5-7H2,1-4H3,(H,14,15). The Labute approximate surface area is 113 Å². The highest BCUT2D eigenvalue weighted by Gasteiger charge is 2.38. The minimum absolute atomic E-state index is 0.251. The number of hydrogen-bond acceptors (Lipinski definition) is 5. The molecular weight excluding hydrogens is 274 g/mol. The Morgan fingerprint density at radius 3 is 2.11 bits per heavy atom. The van der Waals surface area contributed by atoms with Crippen LogP contribution in [0.1, 0.15) is 33.6 Å². The first kappa shape index (κ1) is 17.8. The van der Waals surface area contributed by atoms with Gasteiger partial charge in [-0.15, -0.1) is 0 Å². The summed E-state index contributed by atoms with van der Waals surface area (Å²) in [5, 5.41) is 7.81. The zero-order valence-electron chi connectivity index (χ0n) is 11.6. The van der Waals surface area contributed by atoms with Crippen molar-refractivity contribution in [3.63, 3.8) is 0 Å². The summed E-state index contributed by atoms with van der Waals surface area (Å²) in [6.45, 7) is 4.29. The molecule has 0 aliphatic carbocycles. The number of methoxy groups -OCH3 is 1. The molecule has 0 aliphatic heterocycles. The number of carbonyl (C=O) groups is 2. The number of aliphatic carboxylic acids is 1. The Bertz CT molecular complexity index is 426. The lowest BCUT2D eigenvalue weighted by Crippen LogP contribution is -2.46. The summed E-state index contributed by atoms with van der Waals surface area (Å²) < 4.78 is 30.2. The van der Waals surface area contributed by atoms with Crippen molar-refractivity contribution in [2.45, 2.75) is 38.9 Å². The lowest BCUT2D eigenvalue weighted by Gasteiger charge is -2.27. The van der Waals surface area contributed by atoms with Crippen molar-refractivity contribution in [3.05, 3.63) is 0 Å². The van der Waals surface area contributed by atoms with Crippen molar-refractivity contribution in [3.8, 4) is 0 Å². The number of carboxylic acid groups (broad SMARTS) is 1. The Kier molecular flexibility index (Phi) is 6.44. The molecule has 0 aromatic rings. The number of esters is 1. The van der Waals surface area contributed by atoms with Gasteiger partial charge >= 0.3 is 11.9 Å². The molecule has 0 amide bonds. The monoisotopic (exact) mass is 295 g/mol. The summed E-state index contributed by atoms with van der Waals surface area (Å²) in [4.78, 5) is 22.4. The van der Waals surface area contributed by atoms with Crippen LogP contribution in [0.3, 0.4) is 0 Å². The van der Waals surface area contributed by atoms with Crippen LogP contribution in [0, 0.1) is 5.41 Å². The zero-order chi connectivity index (χ0) is 15.3. The van der Waals surface area contributed by atoms with Crippen molar-refractivity contribution in [1.29, 1.82) is 0 Å². The summed E-state index contributed by atoms with van der Waals surface area (Å²) in [7, 11) is -2.86. The van der Waals surface area contributed by atoms with Gasteiger partial charge in [-0.25, -0.2) is 13.1 Å². The van der Waals surface area contributed by atoms with Gasteiger partial charge in [0.25, 0.3) is 0 Å². The molecule has 0 radical (unpaired) electrons. The topological polar surface area (TPSA) is 110 Å². The molecule has 0 saturated heterocycles. The van der Waals surface area contributed by atoms with Gasteiger partial charge in [-0.2, -0.15) is 0 Å². The number of carbonyl (C=O) groups excluding carboxylic acids is 1. The van der Waals surface area contributed by atoms with Gasteiger partial charge in [-0.05, 0) is 19.8 Å². The number of carboxylic acids is 1. The van der Waals surface area contributed by atoms with Crippen LogP contribution >= 0.6 is 0 Å². The van der Waals surface area contributed by atoms with Crippen LogP contribution < -0.4 is 4.72 Å². The molecule has 0 aliphatic rings. The van der Waals surface area contributed by atoms with Gasteiger partial charge in [-0.3, -0.25) is 9.59 Å². The number of rotatable bonds is 8. The van der Waals surface area contributed by atoms with Gasteiger partial charge in [0.15, 0.2) is 5.25 Å². The van der Waals surface area contributed by atoms with E-state index >= 15 is 0 Å². The van der Waals surface area contributed by atoms with Crippen molar-refractivity contribution in [2.24, 2.45) is 5.41 Å². The molecular formula is C11H21NO6S. The molecule has 8 heteroatoms. The first-order valence-electron chi connectivity index (χ1n) is 5.96. The number of sulfonamides is 1. The van der Waals surface area contributed by atoms with Crippen LogP contribution in [-0.2, 0) is 24.3 Å². The van der Waals surface area contributed by atoms with E-state index in [1.54, 1.807) is 13.8 Å². The van der Waals surface area contributed by atoms with Crippen LogP contribution in [0.2, 0.25) is 0 Å². The largest absolute Gasteiger partial charge is 0.481 e. The van der Waals surface area contributed by atoms with E-state index in [1.807, 2.05) is 0 Å². The Morgan fingerprint density at radius 2 is 1.79 bits per heavy atom. The summed E-state index contributed by atoms with van der Waals surface area (Å²) in [6, 6.07) is 0. The van der Waals surface area contributed by atoms with Gasteiger partial charge in [0.05, 0.1) is 12.5 Å². The third kappa shape index (κ3) is 4.17. The van der Waals surface area contributed by atoms with E-state index in [9.17, 15) is 23.1 Å². The highest BCUT2D eigenvalue weighted by molar-refractivity contribution is 7.90. The summed E-state index contributed by atoms with van der Waals surface area (Å²) >= 11 is 0. The molecule has 0 spiro atoms. The molecule has 0 rings (SSSR count). The van der Waals surface area contributed by atoms with Crippen molar-refractivity contribution in [2.75, 3.05) is 13.7 Å².